The fourth-order valence-electron chi connectivity index (χ4n) is 2.47. The van der Waals surface area contributed by atoms with Gasteiger partial charge in [-0.05, 0) is 25.0 Å². The summed E-state index contributed by atoms with van der Waals surface area (Å²) in [7, 11) is 0. The number of rotatable bonds is 6. The zero-order valence-corrected chi connectivity index (χ0v) is 12.2. The van der Waals surface area contributed by atoms with E-state index in [9.17, 15) is 4.79 Å². The lowest BCUT2D eigenvalue weighted by Crippen LogP contribution is -2.33. The van der Waals surface area contributed by atoms with E-state index in [4.69, 9.17) is 5.73 Å². The van der Waals surface area contributed by atoms with Crippen molar-refractivity contribution in [3.63, 3.8) is 0 Å². The Morgan fingerprint density at radius 2 is 2.47 bits per heavy atom. The van der Waals surface area contributed by atoms with Gasteiger partial charge >= 0.3 is 0 Å². The molecule has 1 aromatic rings. The summed E-state index contributed by atoms with van der Waals surface area (Å²) < 4.78 is 1.85. The number of nitrogens with two attached hydrogens (primary N) is 1. The standard InChI is InChI=1S/C13H22N4OS/c1-2-19-11-4-3-10(7-11)16-13(18)12-8-17(6-5-14)9-15-12/h8-11H,2-7,14H2,1H3,(H,16,18). The molecule has 1 aliphatic carbocycles. The van der Waals surface area contributed by atoms with E-state index >= 15 is 0 Å². The van der Waals surface area contributed by atoms with Crippen LogP contribution in [0.2, 0.25) is 0 Å². The van der Waals surface area contributed by atoms with Crippen LogP contribution in [0, 0.1) is 0 Å². The van der Waals surface area contributed by atoms with Crippen LogP contribution in [0.25, 0.3) is 0 Å². The minimum atomic E-state index is -0.0667. The molecular weight excluding hydrogens is 260 g/mol. The molecule has 5 nitrogen and oxygen atoms in total. The number of thioether (sulfide) groups is 1. The van der Waals surface area contributed by atoms with Gasteiger partial charge in [-0.25, -0.2) is 4.98 Å². The predicted molar refractivity (Wildman–Crippen MR) is 78.3 cm³/mol. The monoisotopic (exact) mass is 282 g/mol. The second kappa shape index (κ2) is 6.96. The lowest BCUT2D eigenvalue weighted by Gasteiger charge is -2.11. The van der Waals surface area contributed by atoms with E-state index in [2.05, 4.69) is 17.2 Å². The number of carbonyl (C=O) groups excluding carboxylic acids is 1. The van der Waals surface area contributed by atoms with E-state index in [-0.39, 0.29) is 5.91 Å². The molecule has 0 aliphatic heterocycles. The average molecular weight is 282 g/mol. The molecule has 1 amide bonds. The fourth-order valence-corrected chi connectivity index (χ4v) is 3.61. The summed E-state index contributed by atoms with van der Waals surface area (Å²) in [6, 6.07) is 0.302. The van der Waals surface area contributed by atoms with E-state index in [1.165, 1.54) is 6.42 Å². The van der Waals surface area contributed by atoms with Crippen molar-refractivity contribution >= 4 is 17.7 Å². The molecule has 2 rings (SSSR count). The van der Waals surface area contributed by atoms with E-state index in [1.54, 1.807) is 12.5 Å². The summed E-state index contributed by atoms with van der Waals surface area (Å²) >= 11 is 1.99. The van der Waals surface area contributed by atoms with Crippen LogP contribution in [0.1, 0.15) is 36.7 Å². The van der Waals surface area contributed by atoms with Crippen LogP contribution in [0.4, 0.5) is 0 Å². The summed E-state index contributed by atoms with van der Waals surface area (Å²) in [4.78, 5) is 16.2. The normalized spacial score (nSPS) is 22.6. The summed E-state index contributed by atoms with van der Waals surface area (Å²) in [5.74, 6) is 1.08. The molecule has 2 unspecified atom stereocenters. The molecule has 1 aromatic heterocycles. The van der Waals surface area contributed by atoms with Crippen molar-refractivity contribution in [2.75, 3.05) is 12.3 Å². The van der Waals surface area contributed by atoms with E-state index in [1.807, 2.05) is 16.3 Å². The first-order chi connectivity index (χ1) is 9.22. The number of imidazole rings is 1. The number of nitrogens with one attached hydrogen (secondary N) is 1. The van der Waals surface area contributed by atoms with Gasteiger partial charge in [-0.3, -0.25) is 4.79 Å². The smallest absolute Gasteiger partial charge is 0.271 e. The Bertz CT molecular complexity index is 421. The van der Waals surface area contributed by atoms with Crippen molar-refractivity contribution < 1.29 is 4.79 Å². The number of hydrogen-bond donors (Lipinski definition) is 2. The third-order valence-electron chi connectivity index (χ3n) is 3.38. The molecule has 1 saturated carbocycles. The molecule has 1 heterocycles. The van der Waals surface area contributed by atoms with Crippen LogP contribution in [-0.2, 0) is 6.54 Å². The lowest BCUT2D eigenvalue weighted by molar-refractivity contribution is 0.0933. The molecule has 0 bridgehead atoms. The van der Waals surface area contributed by atoms with Gasteiger partial charge in [0.25, 0.3) is 5.91 Å². The highest BCUT2D eigenvalue weighted by atomic mass is 32.2. The molecule has 0 saturated heterocycles. The molecule has 2 atom stereocenters. The summed E-state index contributed by atoms with van der Waals surface area (Å²) in [6.07, 6.45) is 6.77. The molecule has 1 fully saturated rings. The summed E-state index contributed by atoms with van der Waals surface area (Å²) in [5.41, 5.74) is 5.96. The zero-order chi connectivity index (χ0) is 13.7. The SMILES string of the molecule is CCSC1CCC(NC(=O)c2cn(CCN)cn2)C1. The highest BCUT2D eigenvalue weighted by Gasteiger charge is 2.26. The van der Waals surface area contributed by atoms with Crippen molar-refractivity contribution in [2.45, 2.75) is 44.0 Å². The highest BCUT2D eigenvalue weighted by Crippen LogP contribution is 2.29. The van der Waals surface area contributed by atoms with Gasteiger partial charge in [0.1, 0.15) is 5.69 Å². The van der Waals surface area contributed by atoms with E-state index in [0.29, 0.717) is 30.1 Å². The second-order valence-corrected chi connectivity index (χ2v) is 6.42. The molecule has 0 spiro atoms. The van der Waals surface area contributed by atoms with Gasteiger partial charge in [-0.15, -0.1) is 0 Å². The number of carbonyl (C=O) groups is 1. The number of hydrogen-bond acceptors (Lipinski definition) is 4. The summed E-state index contributed by atoms with van der Waals surface area (Å²) in [6.45, 7) is 3.43. The first-order valence-electron chi connectivity index (χ1n) is 6.87. The van der Waals surface area contributed by atoms with E-state index < -0.39 is 0 Å². The lowest BCUT2D eigenvalue weighted by atomic mass is 10.2. The zero-order valence-electron chi connectivity index (χ0n) is 11.3. The van der Waals surface area contributed by atoms with Crippen molar-refractivity contribution in [3.8, 4) is 0 Å². The maximum atomic E-state index is 12.1. The maximum absolute atomic E-state index is 12.1. The Morgan fingerprint density at radius 3 is 3.21 bits per heavy atom. The molecular formula is C13H22N4OS. The molecule has 106 valence electrons. The minimum Gasteiger partial charge on any atom is -0.348 e. The molecule has 3 N–H and O–H groups in total. The predicted octanol–water partition coefficient (Wildman–Crippen LogP) is 1.25. The van der Waals surface area contributed by atoms with Crippen molar-refractivity contribution in [2.24, 2.45) is 5.73 Å². The van der Waals surface area contributed by atoms with Crippen molar-refractivity contribution in [1.82, 2.24) is 14.9 Å². The number of aromatic nitrogens is 2. The molecule has 6 heteroatoms. The Kier molecular flexibility index (Phi) is 5.27. The minimum absolute atomic E-state index is 0.0667. The average Bonchev–Trinajstić information content (AvgIpc) is 3.00. The topological polar surface area (TPSA) is 72.9 Å². The van der Waals surface area contributed by atoms with Gasteiger partial charge in [0, 0.05) is 30.6 Å². The van der Waals surface area contributed by atoms with Crippen LogP contribution >= 0.6 is 11.8 Å². The van der Waals surface area contributed by atoms with Crippen LogP contribution in [-0.4, -0.2) is 39.0 Å². The Hall–Kier alpha value is -1.01. The van der Waals surface area contributed by atoms with Crippen molar-refractivity contribution in [3.05, 3.63) is 18.2 Å². The Labute approximate surface area is 118 Å². The van der Waals surface area contributed by atoms with Gasteiger partial charge in [-0.2, -0.15) is 11.8 Å². The molecule has 0 aromatic carbocycles. The van der Waals surface area contributed by atoms with Crippen LogP contribution in [0.3, 0.4) is 0 Å². The molecule has 0 radical (unpaired) electrons. The van der Waals surface area contributed by atoms with E-state index in [0.717, 1.165) is 18.6 Å². The fraction of sp³-hybridized carbons (Fsp3) is 0.692. The van der Waals surface area contributed by atoms with Crippen LogP contribution in [0.15, 0.2) is 12.5 Å². The molecule has 1 aliphatic rings. The highest BCUT2D eigenvalue weighted by molar-refractivity contribution is 7.99. The van der Waals surface area contributed by atoms with Gasteiger partial charge in [0.2, 0.25) is 0 Å². The Balaban J connectivity index is 1.83. The van der Waals surface area contributed by atoms with Gasteiger partial charge in [-0.1, -0.05) is 6.92 Å². The molecule has 19 heavy (non-hydrogen) atoms. The van der Waals surface area contributed by atoms with Crippen LogP contribution < -0.4 is 11.1 Å². The summed E-state index contributed by atoms with van der Waals surface area (Å²) in [5, 5.41) is 3.78. The quantitative estimate of drug-likeness (QED) is 0.823. The van der Waals surface area contributed by atoms with Gasteiger partial charge < -0.3 is 15.6 Å². The maximum Gasteiger partial charge on any atom is 0.271 e. The van der Waals surface area contributed by atoms with Gasteiger partial charge in [0.15, 0.2) is 0 Å². The third kappa shape index (κ3) is 3.98. The van der Waals surface area contributed by atoms with Crippen molar-refractivity contribution in [1.29, 1.82) is 0 Å². The second-order valence-electron chi connectivity index (χ2n) is 4.85. The van der Waals surface area contributed by atoms with Gasteiger partial charge in [0.05, 0.1) is 6.33 Å². The first-order valence-corrected chi connectivity index (χ1v) is 7.92. The largest absolute Gasteiger partial charge is 0.348 e. The first kappa shape index (κ1) is 14.4. The number of amides is 1. The number of nitrogens with zero attached hydrogens (tertiary/aromatic N) is 2. The van der Waals surface area contributed by atoms with Crippen LogP contribution in [0.5, 0.6) is 0 Å². The third-order valence-corrected chi connectivity index (χ3v) is 4.61. The Morgan fingerprint density at radius 1 is 1.63 bits per heavy atom.